The minimum Gasteiger partial charge on any atom is -0.352 e. The van der Waals surface area contributed by atoms with E-state index in [1.54, 1.807) is 0 Å². The molecule has 0 bridgehead atoms. The lowest BCUT2D eigenvalue weighted by atomic mass is 9.87. The van der Waals surface area contributed by atoms with Crippen LogP contribution in [0.15, 0.2) is 0 Å². The van der Waals surface area contributed by atoms with Gasteiger partial charge in [-0.15, -0.1) is 0 Å². The van der Waals surface area contributed by atoms with Crippen molar-refractivity contribution in [2.45, 2.75) is 83.3 Å². The maximum absolute atomic E-state index is 12.1. The summed E-state index contributed by atoms with van der Waals surface area (Å²) in [5.41, 5.74) is 0. The zero-order valence-electron chi connectivity index (χ0n) is 11.9. The van der Waals surface area contributed by atoms with Crippen molar-refractivity contribution in [2.24, 2.45) is 5.92 Å². The Morgan fingerprint density at radius 3 is 2.22 bits per heavy atom. The Hall–Kier alpha value is -0.570. The van der Waals surface area contributed by atoms with Gasteiger partial charge < -0.3 is 10.6 Å². The quantitative estimate of drug-likeness (QED) is 0.807. The van der Waals surface area contributed by atoms with E-state index in [-0.39, 0.29) is 11.9 Å². The van der Waals surface area contributed by atoms with Crippen molar-refractivity contribution >= 4 is 5.91 Å². The summed E-state index contributed by atoms with van der Waals surface area (Å²) in [4.78, 5) is 12.1. The van der Waals surface area contributed by atoms with E-state index in [4.69, 9.17) is 0 Å². The number of amides is 1. The van der Waals surface area contributed by atoms with Crippen LogP contribution >= 0.6 is 0 Å². The summed E-state index contributed by atoms with van der Waals surface area (Å²) in [6, 6.07) is 0.947. The highest BCUT2D eigenvalue weighted by Gasteiger charge is 2.24. The fourth-order valence-corrected chi connectivity index (χ4v) is 3.25. The molecule has 1 amide bonds. The van der Waals surface area contributed by atoms with E-state index in [0.717, 1.165) is 5.92 Å². The molecule has 2 fully saturated rings. The molecule has 0 aromatic heterocycles. The molecule has 0 saturated heterocycles. The molecule has 1 unspecified atom stereocenters. The summed E-state index contributed by atoms with van der Waals surface area (Å²) in [6.07, 6.45) is 9.92. The summed E-state index contributed by atoms with van der Waals surface area (Å²) in [6.45, 7) is 4.33. The average molecular weight is 252 g/mol. The number of rotatable bonds is 4. The third-order valence-electron chi connectivity index (χ3n) is 4.60. The van der Waals surface area contributed by atoms with Gasteiger partial charge in [-0.2, -0.15) is 0 Å². The molecule has 3 nitrogen and oxygen atoms in total. The van der Waals surface area contributed by atoms with Crippen LogP contribution in [0, 0.1) is 5.92 Å². The highest BCUT2D eigenvalue weighted by Crippen LogP contribution is 2.23. The standard InChI is InChI=1S/C15H28N2O/c1-11-7-9-14(10-8-11)16-12(2)15(18)17-13-5-3-4-6-13/h11-14,16H,3-10H2,1-2H3,(H,17,18). The van der Waals surface area contributed by atoms with Crippen LogP contribution in [0.3, 0.4) is 0 Å². The Morgan fingerprint density at radius 1 is 1.00 bits per heavy atom. The molecule has 2 saturated carbocycles. The normalized spacial score (nSPS) is 31.2. The molecular formula is C15H28N2O. The zero-order chi connectivity index (χ0) is 13.0. The van der Waals surface area contributed by atoms with Crippen LogP contribution in [0.5, 0.6) is 0 Å². The van der Waals surface area contributed by atoms with Gasteiger partial charge in [0.05, 0.1) is 6.04 Å². The van der Waals surface area contributed by atoms with Crippen molar-refractivity contribution in [1.82, 2.24) is 10.6 Å². The summed E-state index contributed by atoms with van der Waals surface area (Å²) in [5, 5.41) is 6.68. The van der Waals surface area contributed by atoms with Gasteiger partial charge in [-0.1, -0.05) is 19.8 Å². The van der Waals surface area contributed by atoms with E-state index < -0.39 is 0 Å². The first-order valence-corrected chi connectivity index (χ1v) is 7.71. The molecule has 2 rings (SSSR count). The van der Waals surface area contributed by atoms with Gasteiger partial charge in [-0.3, -0.25) is 4.79 Å². The lowest BCUT2D eigenvalue weighted by Gasteiger charge is -2.29. The van der Waals surface area contributed by atoms with E-state index in [0.29, 0.717) is 12.1 Å². The number of nitrogens with one attached hydrogen (secondary N) is 2. The molecule has 0 aromatic rings. The summed E-state index contributed by atoms with van der Waals surface area (Å²) in [5.74, 6) is 1.06. The maximum Gasteiger partial charge on any atom is 0.237 e. The highest BCUT2D eigenvalue weighted by atomic mass is 16.2. The number of hydrogen-bond acceptors (Lipinski definition) is 2. The SMILES string of the molecule is CC1CCC(NC(C)C(=O)NC2CCCC2)CC1. The first-order valence-electron chi connectivity index (χ1n) is 7.71. The Morgan fingerprint density at radius 2 is 1.61 bits per heavy atom. The lowest BCUT2D eigenvalue weighted by molar-refractivity contribution is -0.123. The van der Waals surface area contributed by atoms with Gasteiger partial charge in [-0.25, -0.2) is 0 Å². The monoisotopic (exact) mass is 252 g/mol. The van der Waals surface area contributed by atoms with E-state index in [9.17, 15) is 4.79 Å². The van der Waals surface area contributed by atoms with Gasteiger partial charge in [0.1, 0.15) is 0 Å². The van der Waals surface area contributed by atoms with E-state index in [1.807, 2.05) is 6.92 Å². The van der Waals surface area contributed by atoms with Crippen molar-refractivity contribution in [3.05, 3.63) is 0 Å². The Kier molecular flexibility index (Phi) is 5.04. The van der Waals surface area contributed by atoms with Crippen LogP contribution in [0.2, 0.25) is 0 Å². The second-order valence-corrected chi connectivity index (χ2v) is 6.34. The molecule has 0 aliphatic heterocycles. The van der Waals surface area contributed by atoms with Crippen LogP contribution < -0.4 is 10.6 Å². The van der Waals surface area contributed by atoms with Crippen molar-refractivity contribution in [3.63, 3.8) is 0 Å². The topological polar surface area (TPSA) is 41.1 Å². The molecule has 2 aliphatic rings. The van der Waals surface area contributed by atoms with Crippen LogP contribution in [-0.2, 0) is 4.79 Å². The lowest BCUT2D eigenvalue weighted by Crippen LogP contribution is -2.49. The van der Waals surface area contributed by atoms with Gasteiger partial charge in [0.15, 0.2) is 0 Å². The third kappa shape index (κ3) is 3.98. The van der Waals surface area contributed by atoms with Gasteiger partial charge in [0.2, 0.25) is 5.91 Å². The van der Waals surface area contributed by atoms with Crippen LogP contribution in [0.4, 0.5) is 0 Å². The minimum atomic E-state index is -0.0380. The molecule has 0 radical (unpaired) electrons. The molecule has 1 atom stereocenters. The Balaban J connectivity index is 1.69. The summed E-state index contributed by atoms with van der Waals surface area (Å²) in [7, 11) is 0. The fraction of sp³-hybridized carbons (Fsp3) is 0.933. The Labute approximate surface area is 111 Å². The van der Waals surface area contributed by atoms with Crippen LogP contribution in [0.1, 0.15) is 65.2 Å². The van der Waals surface area contributed by atoms with E-state index in [1.165, 1.54) is 51.4 Å². The average Bonchev–Trinajstić information content (AvgIpc) is 2.85. The van der Waals surface area contributed by atoms with Crippen LogP contribution in [-0.4, -0.2) is 24.0 Å². The molecular weight excluding hydrogens is 224 g/mol. The molecule has 3 heteroatoms. The number of hydrogen-bond donors (Lipinski definition) is 2. The van der Waals surface area contributed by atoms with Gasteiger partial charge >= 0.3 is 0 Å². The predicted molar refractivity (Wildman–Crippen MR) is 74.4 cm³/mol. The largest absolute Gasteiger partial charge is 0.352 e. The van der Waals surface area contributed by atoms with Gasteiger partial charge in [0, 0.05) is 12.1 Å². The maximum atomic E-state index is 12.1. The molecule has 104 valence electrons. The van der Waals surface area contributed by atoms with Crippen molar-refractivity contribution < 1.29 is 4.79 Å². The molecule has 0 aromatic carbocycles. The first kappa shape index (κ1) is 13.9. The third-order valence-corrected chi connectivity index (χ3v) is 4.60. The second-order valence-electron chi connectivity index (χ2n) is 6.34. The van der Waals surface area contributed by atoms with Crippen molar-refractivity contribution in [3.8, 4) is 0 Å². The van der Waals surface area contributed by atoms with Crippen molar-refractivity contribution in [2.75, 3.05) is 0 Å². The molecule has 0 heterocycles. The van der Waals surface area contributed by atoms with Crippen molar-refractivity contribution in [1.29, 1.82) is 0 Å². The van der Waals surface area contributed by atoms with Gasteiger partial charge in [-0.05, 0) is 51.4 Å². The fourth-order valence-electron chi connectivity index (χ4n) is 3.25. The summed E-state index contributed by atoms with van der Waals surface area (Å²) >= 11 is 0. The van der Waals surface area contributed by atoms with E-state index in [2.05, 4.69) is 17.6 Å². The highest BCUT2D eigenvalue weighted by molar-refractivity contribution is 5.81. The molecule has 2 aliphatic carbocycles. The van der Waals surface area contributed by atoms with Gasteiger partial charge in [0.25, 0.3) is 0 Å². The van der Waals surface area contributed by atoms with E-state index >= 15 is 0 Å². The Bertz CT molecular complexity index is 266. The predicted octanol–water partition coefficient (Wildman–Crippen LogP) is 2.60. The summed E-state index contributed by atoms with van der Waals surface area (Å²) < 4.78 is 0. The zero-order valence-corrected chi connectivity index (χ0v) is 11.9. The second kappa shape index (κ2) is 6.55. The molecule has 0 spiro atoms. The minimum absolute atomic E-state index is 0.0380. The smallest absolute Gasteiger partial charge is 0.237 e. The molecule has 18 heavy (non-hydrogen) atoms. The number of carbonyl (C=O) groups is 1. The van der Waals surface area contributed by atoms with Crippen LogP contribution in [0.25, 0.3) is 0 Å². The number of carbonyl (C=O) groups excluding carboxylic acids is 1. The first-order chi connectivity index (χ1) is 8.65. The molecule has 2 N–H and O–H groups in total.